The van der Waals surface area contributed by atoms with E-state index in [0.717, 1.165) is 22.3 Å². The lowest BCUT2D eigenvalue weighted by Crippen LogP contribution is -2.28. The molecular weight excluding hydrogens is 326 g/mol. The number of nitrogens with zero attached hydrogens (tertiary/aromatic N) is 3. The van der Waals surface area contributed by atoms with E-state index < -0.39 is 0 Å². The van der Waals surface area contributed by atoms with Gasteiger partial charge < -0.3 is 10.6 Å². The quantitative estimate of drug-likeness (QED) is 0.593. The van der Waals surface area contributed by atoms with E-state index in [9.17, 15) is 4.79 Å². The van der Waals surface area contributed by atoms with Gasteiger partial charge in [0.15, 0.2) is 0 Å². The summed E-state index contributed by atoms with van der Waals surface area (Å²) in [6.45, 7) is 0.441. The van der Waals surface area contributed by atoms with Crippen LogP contribution in [-0.4, -0.2) is 20.6 Å². The zero-order valence-electron chi connectivity index (χ0n) is 14.0. The molecule has 0 aliphatic carbocycles. The van der Waals surface area contributed by atoms with Crippen LogP contribution in [-0.2, 0) is 6.54 Å². The molecule has 0 radical (unpaired) electrons. The molecule has 6 heteroatoms. The monoisotopic (exact) mass is 343 g/mol. The predicted molar refractivity (Wildman–Crippen MR) is 101 cm³/mol. The maximum atomic E-state index is 12.1. The fraction of sp³-hybridized carbons (Fsp3) is 0.0500. The topological polar surface area (TPSA) is 71.3 Å². The smallest absolute Gasteiger partial charge is 0.319 e. The van der Waals surface area contributed by atoms with Crippen LogP contribution in [0.5, 0.6) is 0 Å². The van der Waals surface area contributed by atoms with Crippen molar-refractivity contribution in [3.63, 3.8) is 0 Å². The number of carbonyl (C=O) groups is 1. The Morgan fingerprint density at radius 2 is 1.81 bits per heavy atom. The third-order valence-corrected chi connectivity index (χ3v) is 3.99. The van der Waals surface area contributed by atoms with Gasteiger partial charge in [0.1, 0.15) is 0 Å². The highest BCUT2D eigenvalue weighted by Gasteiger charge is 2.06. The van der Waals surface area contributed by atoms with Crippen LogP contribution in [0.25, 0.3) is 16.8 Å². The summed E-state index contributed by atoms with van der Waals surface area (Å²) >= 11 is 0. The maximum absolute atomic E-state index is 12.1. The number of nitrogens with one attached hydrogen (secondary N) is 2. The minimum atomic E-state index is -0.267. The van der Waals surface area contributed by atoms with E-state index in [1.807, 2.05) is 60.7 Å². The normalized spacial score (nSPS) is 10.6. The molecule has 26 heavy (non-hydrogen) atoms. The van der Waals surface area contributed by atoms with Gasteiger partial charge in [0, 0.05) is 24.5 Å². The summed E-state index contributed by atoms with van der Waals surface area (Å²) in [6.07, 6.45) is 5.20. The first kappa shape index (κ1) is 15.8. The molecule has 0 aliphatic heterocycles. The Hall–Kier alpha value is -3.67. The number of anilines is 1. The lowest BCUT2D eigenvalue weighted by Gasteiger charge is -2.07. The van der Waals surface area contributed by atoms with Crippen molar-refractivity contribution < 1.29 is 4.79 Å². The second-order valence-corrected chi connectivity index (χ2v) is 5.85. The van der Waals surface area contributed by atoms with Crippen LogP contribution in [0, 0.1) is 0 Å². The molecule has 1 aromatic carbocycles. The number of hydrogen-bond acceptors (Lipinski definition) is 3. The summed E-state index contributed by atoms with van der Waals surface area (Å²) in [5.41, 5.74) is 4.58. The Kier molecular flexibility index (Phi) is 4.30. The minimum Gasteiger partial charge on any atom is -0.334 e. The van der Waals surface area contributed by atoms with E-state index >= 15 is 0 Å². The first-order chi connectivity index (χ1) is 12.8. The molecular formula is C20H17N5O. The van der Waals surface area contributed by atoms with Crippen molar-refractivity contribution in [2.75, 3.05) is 5.32 Å². The number of urea groups is 1. The fourth-order valence-corrected chi connectivity index (χ4v) is 2.67. The summed E-state index contributed by atoms with van der Waals surface area (Å²) in [7, 11) is 0. The number of pyridine rings is 2. The molecule has 3 heterocycles. The van der Waals surface area contributed by atoms with Crippen molar-refractivity contribution in [2.45, 2.75) is 6.54 Å². The van der Waals surface area contributed by atoms with Gasteiger partial charge in [0.25, 0.3) is 0 Å². The number of amides is 2. The molecule has 0 atom stereocenters. The number of aromatic nitrogens is 3. The van der Waals surface area contributed by atoms with E-state index in [0.29, 0.717) is 12.2 Å². The Bertz CT molecular complexity index is 1030. The first-order valence-corrected chi connectivity index (χ1v) is 8.26. The first-order valence-electron chi connectivity index (χ1n) is 8.26. The lowest BCUT2D eigenvalue weighted by molar-refractivity contribution is 0.251. The molecule has 2 N–H and O–H groups in total. The SMILES string of the molecule is O=C(NCc1ccncc1)Nc1ccc2cc(-c3ccccc3)nn2c1. The second-order valence-electron chi connectivity index (χ2n) is 5.85. The number of benzene rings is 1. The van der Waals surface area contributed by atoms with Gasteiger partial charge in [-0.15, -0.1) is 0 Å². The zero-order valence-corrected chi connectivity index (χ0v) is 14.0. The largest absolute Gasteiger partial charge is 0.334 e. The van der Waals surface area contributed by atoms with Crippen LogP contribution in [0.4, 0.5) is 10.5 Å². The Labute approximate surface area is 150 Å². The van der Waals surface area contributed by atoms with Crippen LogP contribution in [0.15, 0.2) is 79.3 Å². The van der Waals surface area contributed by atoms with Crippen molar-refractivity contribution in [3.05, 3.63) is 84.8 Å². The van der Waals surface area contributed by atoms with Gasteiger partial charge in [-0.3, -0.25) is 4.98 Å². The summed E-state index contributed by atoms with van der Waals surface area (Å²) in [6, 6.07) is 19.3. The van der Waals surface area contributed by atoms with E-state index in [2.05, 4.69) is 20.7 Å². The standard InChI is InChI=1S/C20H17N5O/c26-20(22-13-15-8-10-21-11-9-15)23-17-6-7-18-12-19(24-25(18)14-17)16-4-2-1-3-5-16/h1-12,14H,13H2,(H2,22,23,26). The maximum Gasteiger partial charge on any atom is 0.319 e. The van der Waals surface area contributed by atoms with Gasteiger partial charge in [-0.05, 0) is 35.9 Å². The summed E-state index contributed by atoms with van der Waals surface area (Å²) < 4.78 is 1.76. The van der Waals surface area contributed by atoms with Gasteiger partial charge in [-0.2, -0.15) is 5.10 Å². The third kappa shape index (κ3) is 3.54. The molecule has 3 aromatic heterocycles. The van der Waals surface area contributed by atoms with Gasteiger partial charge >= 0.3 is 6.03 Å². The van der Waals surface area contributed by atoms with Gasteiger partial charge in [0.2, 0.25) is 0 Å². The molecule has 128 valence electrons. The van der Waals surface area contributed by atoms with Crippen LogP contribution in [0.2, 0.25) is 0 Å². The van der Waals surface area contributed by atoms with Crippen molar-refractivity contribution >= 4 is 17.2 Å². The second kappa shape index (κ2) is 7.06. The number of rotatable bonds is 4. The molecule has 0 saturated heterocycles. The van der Waals surface area contributed by atoms with Crippen LogP contribution in [0.3, 0.4) is 0 Å². The Morgan fingerprint density at radius 1 is 1.00 bits per heavy atom. The molecule has 0 bridgehead atoms. The van der Waals surface area contributed by atoms with Gasteiger partial charge in [-0.1, -0.05) is 30.3 Å². The minimum absolute atomic E-state index is 0.267. The van der Waals surface area contributed by atoms with Crippen molar-refractivity contribution in [1.82, 2.24) is 19.9 Å². The summed E-state index contributed by atoms with van der Waals surface area (Å²) in [4.78, 5) is 16.0. The number of fused-ring (bicyclic) bond motifs is 1. The van der Waals surface area contributed by atoms with Gasteiger partial charge in [-0.25, -0.2) is 9.31 Å². The molecule has 4 aromatic rings. The molecule has 0 unspecified atom stereocenters. The predicted octanol–water partition coefficient (Wildman–Crippen LogP) is 3.72. The molecule has 0 spiro atoms. The lowest BCUT2D eigenvalue weighted by atomic mass is 10.1. The average Bonchev–Trinajstić information content (AvgIpc) is 3.11. The summed E-state index contributed by atoms with van der Waals surface area (Å²) in [5.74, 6) is 0. The number of carbonyl (C=O) groups excluding carboxylic acids is 1. The van der Waals surface area contributed by atoms with E-state index in [1.54, 1.807) is 23.1 Å². The molecule has 0 saturated carbocycles. The molecule has 0 fully saturated rings. The molecule has 6 nitrogen and oxygen atoms in total. The third-order valence-electron chi connectivity index (χ3n) is 3.99. The Morgan fingerprint density at radius 3 is 2.62 bits per heavy atom. The van der Waals surface area contributed by atoms with Gasteiger partial charge in [0.05, 0.1) is 23.1 Å². The molecule has 0 aliphatic rings. The fourth-order valence-electron chi connectivity index (χ4n) is 2.67. The zero-order chi connectivity index (χ0) is 17.8. The van der Waals surface area contributed by atoms with E-state index in [4.69, 9.17) is 0 Å². The molecule has 4 rings (SSSR count). The highest BCUT2D eigenvalue weighted by atomic mass is 16.2. The van der Waals surface area contributed by atoms with Crippen LogP contribution < -0.4 is 10.6 Å². The summed E-state index contributed by atoms with van der Waals surface area (Å²) in [5, 5.41) is 10.2. The van der Waals surface area contributed by atoms with Crippen molar-refractivity contribution in [1.29, 1.82) is 0 Å². The van der Waals surface area contributed by atoms with Crippen molar-refractivity contribution in [3.8, 4) is 11.3 Å². The van der Waals surface area contributed by atoms with E-state index in [-0.39, 0.29) is 6.03 Å². The van der Waals surface area contributed by atoms with Crippen molar-refractivity contribution in [2.24, 2.45) is 0 Å². The van der Waals surface area contributed by atoms with Crippen LogP contribution >= 0.6 is 0 Å². The highest BCUT2D eigenvalue weighted by molar-refractivity contribution is 5.89. The molecule has 2 amide bonds. The van der Waals surface area contributed by atoms with E-state index in [1.165, 1.54) is 0 Å². The average molecular weight is 343 g/mol. The van der Waals surface area contributed by atoms with Crippen LogP contribution in [0.1, 0.15) is 5.56 Å². The Balaban J connectivity index is 1.46. The highest BCUT2D eigenvalue weighted by Crippen LogP contribution is 2.20. The number of hydrogen-bond donors (Lipinski definition) is 2.